The predicted octanol–water partition coefficient (Wildman–Crippen LogP) is 3.22. The molecule has 0 aliphatic carbocycles. The summed E-state index contributed by atoms with van der Waals surface area (Å²) in [5, 5.41) is 3.39. The first-order valence-electron chi connectivity index (χ1n) is 8.88. The van der Waals surface area contributed by atoms with Gasteiger partial charge >= 0.3 is 0 Å². The van der Waals surface area contributed by atoms with Crippen molar-refractivity contribution in [1.82, 2.24) is 15.1 Å². The molecule has 1 aromatic carbocycles. The van der Waals surface area contributed by atoms with E-state index in [1.54, 1.807) is 12.1 Å². The van der Waals surface area contributed by atoms with Crippen molar-refractivity contribution in [2.75, 3.05) is 32.7 Å². The minimum Gasteiger partial charge on any atom is -0.357 e. The van der Waals surface area contributed by atoms with Gasteiger partial charge < -0.3 is 10.2 Å². The third-order valence-electron chi connectivity index (χ3n) is 4.85. The van der Waals surface area contributed by atoms with Gasteiger partial charge in [0, 0.05) is 25.7 Å². The van der Waals surface area contributed by atoms with Gasteiger partial charge in [-0.2, -0.15) is 0 Å². The van der Waals surface area contributed by atoms with Crippen LogP contribution in [0.4, 0.5) is 4.39 Å². The maximum Gasteiger partial charge on any atom is 0.194 e. The molecule has 2 fully saturated rings. The van der Waals surface area contributed by atoms with E-state index in [-0.39, 0.29) is 5.82 Å². The van der Waals surface area contributed by atoms with Gasteiger partial charge in [-0.05, 0) is 72.9 Å². The first kappa shape index (κ1) is 17.7. The first-order chi connectivity index (χ1) is 11.7. The zero-order chi connectivity index (χ0) is 16.9. The second-order valence-electron chi connectivity index (χ2n) is 6.55. The Hall–Kier alpha value is -1.14. The normalized spacial score (nSPS) is 22.4. The molecule has 0 aromatic heterocycles. The second-order valence-corrected chi connectivity index (χ2v) is 7.40. The molecular formula is C18H26BrFN4. The van der Waals surface area contributed by atoms with Gasteiger partial charge in [0.05, 0.1) is 11.0 Å². The van der Waals surface area contributed by atoms with Gasteiger partial charge in [-0.1, -0.05) is 6.07 Å². The van der Waals surface area contributed by atoms with Crippen LogP contribution in [0.15, 0.2) is 27.7 Å². The van der Waals surface area contributed by atoms with Crippen LogP contribution in [0.1, 0.15) is 31.7 Å². The van der Waals surface area contributed by atoms with Gasteiger partial charge in [0.2, 0.25) is 0 Å². The van der Waals surface area contributed by atoms with E-state index in [0.717, 1.165) is 31.2 Å². The molecule has 0 spiro atoms. The molecule has 2 heterocycles. The number of halogens is 2. The van der Waals surface area contributed by atoms with Gasteiger partial charge in [-0.25, -0.2) is 9.38 Å². The number of aliphatic imine (C=N–C) groups is 1. The van der Waals surface area contributed by atoms with E-state index in [1.165, 1.54) is 32.4 Å². The van der Waals surface area contributed by atoms with Crippen LogP contribution >= 0.6 is 15.9 Å². The zero-order valence-corrected chi connectivity index (χ0v) is 15.9. The number of hydrogen-bond acceptors (Lipinski definition) is 2. The van der Waals surface area contributed by atoms with Crippen molar-refractivity contribution in [2.24, 2.45) is 4.99 Å². The summed E-state index contributed by atoms with van der Waals surface area (Å²) in [6.45, 7) is 8.00. The van der Waals surface area contributed by atoms with Crippen LogP contribution in [0.25, 0.3) is 0 Å². The Bertz CT molecular complexity index is 586. The van der Waals surface area contributed by atoms with E-state index in [0.29, 0.717) is 17.1 Å². The Balaban J connectivity index is 1.64. The van der Waals surface area contributed by atoms with Crippen LogP contribution in [0.5, 0.6) is 0 Å². The van der Waals surface area contributed by atoms with Gasteiger partial charge in [0.1, 0.15) is 5.82 Å². The maximum absolute atomic E-state index is 13.6. The topological polar surface area (TPSA) is 30.9 Å². The monoisotopic (exact) mass is 396 g/mol. The van der Waals surface area contributed by atoms with E-state index in [2.05, 4.69) is 38.0 Å². The molecule has 1 unspecified atom stereocenters. The highest BCUT2D eigenvalue weighted by atomic mass is 79.9. The van der Waals surface area contributed by atoms with Gasteiger partial charge in [-0.15, -0.1) is 0 Å². The number of nitrogens with zero attached hydrogens (tertiary/aromatic N) is 3. The van der Waals surface area contributed by atoms with E-state index in [9.17, 15) is 4.39 Å². The van der Waals surface area contributed by atoms with Crippen molar-refractivity contribution in [3.05, 3.63) is 34.1 Å². The fourth-order valence-corrected chi connectivity index (χ4v) is 3.82. The number of benzene rings is 1. The lowest BCUT2D eigenvalue weighted by Gasteiger charge is -2.25. The number of likely N-dealkylation sites (tertiary alicyclic amines) is 2. The number of nitrogens with one attached hydrogen (secondary N) is 1. The highest BCUT2D eigenvalue weighted by Gasteiger charge is 2.30. The lowest BCUT2D eigenvalue weighted by atomic mass is 10.2. The first-order valence-corrected chi connectivity index (χ1v) is 9.68. The molecule has 3 rings (SSSR count). The Morgan fingerprint density at radius 3 is 2.83 bits per heavy atom. The van der Waals surface area contributed by atoms with Crippen molar-refractivity contribution >= 4 is 21.9 Å². The van der Waals surface area contributed by atoms with E-state index >= 15 is 0 Å². The molecular weight excluding hydrogens is 371 g/mol. The fraction of sp³-hybridized carbons (Fsp3) is 0.611. The molecule has 0 saturated carbocycles. The average molecular weight is 397 g/mol. The fourth-order valence-electron chi connectivity index (χ4n) is 3.57. The minimum absolute atomic E-state index is 0.233. The van der Waals surface area contributed by atoms with Gasteiger partial charge in [0.25, 0.3) is 0 Å². The lowest BCUT2D eigenvalue weighted by molar-refractivity contribution is 0.249. The van der Waals surface area contributed by atoms with Gasteiger partial charge in [0.15, 0.2) is 5.96 Å². The summed E-state index contributed by atoms with van der Waals surface area (Å²) in [6, 6.07) is 5.86. The Morgan fingerprint density at radius 2 is 2.12 bits per heavy atom. The van der Waals surface area contributed by atoms with Crippen LogP contribution in [0.3, 0.4) is 0 Å². The van der Waals surface area contributed by atoms with Crippen LogP contribution in [-0.2, 0) is 6.54 Å². The molecule has 0 bridgehead atoms. The number of rotatable bonds is 4. The summed E-state index contributed by atoms with van der Waals surface area (Å²) in [6.07, 6.45) is 3.87. The smallest absolute Gasteiger partial charge is 0.194 e. The van der Waals surface area contributed by atoms with Crippen molar-refractivity contribution in [3.63, 3.8) is 0 Å². The maximum atomic E-state index is 13.6. The van der Waals surface area contributed by atoms with Crippen molar-refractivity contribution in [1.29, 1.82) is 0 Å². The standard InChI is InChI=1S/C18H26BrFN4/c1-2-21-18(22-12-14-5-6-16(19)17(20)11-14)24-10-7-15(13-24)23-8-3-4-9-23/h5-6,11,15H,2-4,7-10,12-13H2,1H3,(H,21,22). The van der Waals surface area contributed by atoms with Crippen LogP contribution in [0, 0.1) is 5.82 Å². The molecule has 6 heteroatoms. The van der Waals surface area contributed by atoms with Gasteiger partial charge in [-0.3, -0.25) is 4.90 Å². The van der Waals surface area contributed by atoms with Crippen molar-refractivity contribution in [2.45, 2.75) is 38.8 Å². The summed E-state index contributed by atoms with van der Waals surface area (Å²) < 4.78 is 14.1. The summed E-state index contributed by atoms with van der Waals surface area (Å²) in [5.41, 5.74) is 0.890. The quantitative estimate of drug-likeness (QED) is 0.625. The molecule has 2 saturated heterocycles. The van der Waals surface area contributed by atoms with E-state index in [1.807, 2.05) is 6.07 Å². The number of guanidine groups is 1. The molecule has 0 amide bonds. The second kappa shape index (κ2) is 8.30. The molecule has 24 heavy (non-hydrogen) atoms. The highest BCUT2D eigenvalue weighted by molar-refractivity contribution is 9.10. The van der Waals surface area contributed by atoms with Crippen molar-refractivity contribution < 1.29 is 4.39 Å². The molecule has 2 aliphatic heterocycles. The van der Waals surface area contributed by atoms with E-state index in [4.69, 9.17) is 4.99 Å². The molecule has 2 aliphatic rings. The Labute approximate surface area is 152 Å². The predicted molar refractivity (Wildman–Crippen MR) is 99.7 cm³/mol. The average Bonchev–Trinajstić information content (AvgIpc) is 3.25. The van der Waals surface area contributed by atoms with E-state index < -0.39 is 0 Å². The summed E-state index contributed by atoms with van der Waals surface area (Å²) >= 11 is 3.19. The molecule has 1 aromatic rings. The largest absolute Gasteiger partial charge is 0.357 e. The highest BCUT2D eigenvalue weighted by Crippen LogP contribution is 2.21. The molecule has 4 nitrogen and oxygen atoms in total. The SMILES string of the molecule is CCNC(=NCc1ccc(Br)c(F)c1)N1CCC(N2CCCC2)C1. The third-order valence-corrected chi connectivity index (χ3v) is 5.49. The Kier molecular flexibility index (Phi) is 6.11. The summed E-state index contributed by atoms with van der Waals surface area (Å²) in [4.78, 5) is 9.70. The summed E-state index contributed by atoms with van der Waals surface area (Å²) in [7, 11) is 0. The minimum atomic E-state index is -0.233. The zero-order valence-electron chi connectivity index (χ0n) is 14.3. The summed E-state index contributed by atoms with van der Waals surface area (Å²) in [5.74, 6) is 0.713. The van der Waals surface area contributed by atoms with Crippen LogP contribution < -0.4 is 5.32 Å². The van der Waals surface area contributed by atoms with Crippen LogP contribution in [0.2, 0.25) is 0 Å². The number of hydrogen-bond donors (Lipinski definition) is 1. The molecule has 1 N–H and O–H groups in total. The molecule has 132 valence electrons. The van der Waals surface area contributed by atoms with Crippen LogP contribution in [-0.4, -0.2) is 54.5 Å². The molecule has 1 atom stereocenters. The molecule has 0 radical (unpaired) electrons. The van der Waals surface area contributed by atoms with Crippen molar-refractivity contribution in [3.8, 4) is 0 Å². The Morgan fingerprint density at radius 1 is 1.33 bits per heavy atom. The third kappa shape index (κ3) is 4.28. The lowest BCUT2D eigenvalue weighted by Crippen LogP contribution is -2.42.